The van der Waals surface area contributed by atoms with E-state index < -0.39 is 21.2 Å². The molecule has 0 aliphatic rings. The van der Waals surface area contributed by atoms with E-state index >= 15 is 0 Å². The predicted molar refractivity (Wildman–Crippen MR) is 137 cm³/mol. The molecular weight excluding hydrogens is 490 g/mol. The zero-order chi connectivity index (χ0) is 24.1. The van der Waals surface area contributed by atoms with E-state index in [1.165, 1.54) is 16.4 Å². The van der Waals surface area contributed by atoms with E-state index in [2.05, 4.69) is 10.1 Å². The van der Waals surface area contributed by atoms with Gasteiger partial charge in [-0.2, -0.15) is 8.42 Å². The molecule has 2 aromatic carbocycles. The van der Waals surface area contributed by atoms with Gasteiger partial charge in [0.2, 0.25) is 0 Å². The van der Waals surface area contributed by atoms with Crippen molar-refractivity contribution in [3.8, 4) is 0 Å². The lowest BCUT2D eigenvalue weighted by atomic mass is 10.2. The predicted octanol–water partition coefficient (Wildman–Crippen LogP) is 4.17. The topological polar surface area (TPSA) is 97.3 Å². The van der Waals surface area contributed by atoms with E-state index in [0.29, 0.717) is 22.2 Å². The molecule has 4 rings (SSSR count). The Bertz CT molecular complexity index is 1410. The Hall–Kier alpha value is -3.08. The van der Waals surface area contributed by atoms with Gasteiger partial charge in [0.25, 0.3) is 15.9 Å². The lowest BCUT2D eigenvalue weighted by molar-refractivity contribution is -0.107. The van der Waals surface area contributed by atoms with E-state index in [1.54, 1.807) is 42.6 Å². The number of benzene rings is 2. The summed E-state index contributed by atoms with van der Waals surface area (Å²) in [7, 11) is -3.90. The second-order valence-electron chi connectivity index (χ2n) is 7.59. The average Bonchev–Trinajstić information content (AvgIpc) is 3.44. The van der Waals surface area contributed by atoms with Gasteiger partial charge in [-0.25, -0.2) is 9.51 Å². The number of thiophene rings is 1. The quantitative estimate of drug-likeness (QED) is 0.310. The van der Waals surface area contributed by atoms with E-state index in [9.17, 15) is 18.0 Å². The fourth-order valence-corrected chi connectivity index (χ4v) is 6.75. The van der Waals surface area contributed by atoms with Gasteiger partial charge < -0.3 is 10.1 Å². The highest BCUT2D eigenvalue weighted by atomic mass is 32.2. The first-order valence-electron chi connectivity index (χ1n) is 10.5. The molecule has 1 amide bonds. The van der Waals surface area contributed by atoms with Crippen molar-refractivity contribution in [2.75, 3.05) is 11.4 Å². The maximum Gasteiger partial charge on any atom is 0.285 e. The van der Waals surface area contributed by atoms with Crippen molar-refractivity contribution in [1.82, 2.24) is 9.99 Å². The Balaban J connectivity index is 1.53. The highest BCUT2D eigenvalue weighted by molar-refractivity contribution is 7.99. The van der Waals surface area contributed by atoms with E-state index in [1.807, 2.05) is 36.4 Å². The standard InChI is InChI=1S/C24H23N3O4S3/c1-17-11-12-32-24(17)34(30,31)26-27-21-10-6-5-9-19(21)13-22(27)23(29)25-14-20(15-28)33-16-18-7-3-2-4-8-18/h2-13,15,20,26H,14,16H2,1H3,(H,25,29). The van der Waals surface area contributed by atoms with Crippen LogP contribution in [0.3, 0.4) is 0 Å². The molecule has 0 fully saturated rings. The molecule has 0 spiro atoms. The summed E-state index contributed by atoms with van der Waals surface area (Å²) in [5.41, 5.74) is 2.40. The molecule has 0 aliphatic carbocycles. The number of carbonyl (C=O) groups excluding carboxylic acids is 2. The number of thioether (sulfide) groups is 1. The van der Waals surface area contributed by atoms with Gasteiger partial charge in [-0.15, -0.1) is 23.1 Å². The van der Waals surface area contributed by atoms with Crippen LogP contribution in [-0.2, 0) is 20.6 Å². The Kier molecular flexibility index (Phi) is 7.40. The van der Waals surface area contributed by atoms with Gasteiger partial charge in [0, 0.05) is 17.7 Å². The van der Waals surface area contributed by atoms with Crippen molar-refractivity contribution in [1.29, 1.82) is 0 Å². The molecule has 0 bridgehead atoms. The van der Waals surface area contributed by atoms with Crippen LogP contribution in [0.2, 0.25) is 0 Å². The Morgan fingerprint density at radius 3 is 2.56 bits per heavy atom. The van der Waals surface area contributed by atoms with Gasteiger partial charge in [-0.05, 0) is 41.6 Å². The van der Waals surface area contributed by atoms with Gasteiger partial charge in [0.15, 0.2) is 0 Å². The number of hydrogen-bond acceptors (Lipinski definition) is 6. The molecular formula is C24H23N3O4S3. The maximum absolute atomic E-state index is 13.1. The largest absolute Gasteiger partial charge is 0.349 e. The van der Waals surface area contributed by atoms with Gasteiger partial charge in [-0.1, -0.05) is 48.5 Å². The van der Waals surface area contributed by atoms with Crippen LogP contribution in [0.25, 0.3) is 10.9 Å². The molecule has 1 atom stereocenters. The molecule has 34 heavy (non-hydrogen) atoms. The van der Waals surface area contributed by atoms with Crippen LogP contribution in [0.1, 0.15) is 21.6 Å². The number of aromatic nitrogens is 1. The summed E-state index contributed by atoms with van der Waals surface area (Å²) in [5.74, 6) is 0.161. The molecule has 2 aromatic heterocycles. The lowest BCUT2D eigenvalue weighted by Crippen LogP contribution is -2.35. The number of aldehydes is 1. The lowest BCUT2D eigenvalue weighted by Gasteiger charge is -2.15. The number of hydrogen-bond donors (Lipinski definition) is 2. The van der Waals surface area contributed by atoms with Crippen LogP contribution in [-0.4, -0.2) is 37.1 Å². The van der Waals surface area contributed by atoms with Crippen molar-refractivity contribution >= 4 is 56.2 Å². The van der Waals surface area contributed by atoms with Crippen LogP contribution < -0.4 is 10.1 Å². The highest BCUT2D eigenvalue weighted by Crippen LogP contribution is 2.25. The summed E-state index contributed by atoms with van der Waals surface area (Å²) >= 11 is 2.54. The third kappa shape index (κ3) is 5.35. The fraction of sp³-hybridized carbons (Fsp3) is 0.167. The number of sulfonamides is 1. The molecule has 1 unspecified atom stereocenters. The molecule has 0 aliphatic heterocycles. The normalized spacial score (nSPS) is 12.4. The van der Waals surface area contributed by atoms with Crippen LogP contribution in [0.15, 0.2) is 76.3 Å². The van der Waals surface area contributed by atoms with Gasteiger partial charge >= 0.3 is 0 Å². The number of nitrogens with one attached hydrogen (secondary N) is 2. The summed E-state index contributed by atoms with van der Waals surface area (Å²) in [6.07, 6.45) is 0.811. The van der Waals surface area contributed by atoms with Crippen molar-refractivity contribution < 1.29 is 18.0 Å². The third-order valence-corrected chi connectivity index (χ3v) is 9.33. The molecule has 2 N–H and O–H groups in total. The number of nitrogens with zero attached hydrogens (tertiary/aromatic N) is 1. The molecule has 2 heterocycles. The summed E-state index contributed by atoms with van der Waals surface area (Å²) in [4.78, 5) is 27.2. The second kappa shape index (κ2) is 10.5. The molecule has 0 saturated carbocycles. The number of fused-ring (bicyclic) bond motifs is 1. The molecule has 0 saturated heterocycles. The maximum atomic E-state index is 13.1. The van der Waals surface area contributed by atoms with Crippen molar-refractivity contribution in [3.63, 3.8) is 0 Å². The summed E-state index contributed by atoms with van der Waals surface area (Å²) in [5, 5.41) is 4.76. The fourth-order valence-electron chi connectivity index (χ4n) is 3.42. The van der Waals surface area contributed by atoms with E-state index in [0.717, 1.165) is 23.2 Å². The zero-order valence-electron chi connectivity index (χ0n) is 18.3. The molecule has 10 heteroatoms. The number of aryl methyl sites for hydroxylation is 1. The number of para-hydroxylation sites is 1. The minimum Gasteiger partial charge on any atom is -0.349 e. The molecule has 0 radical (unpaired) electrons. The third-order valence-electron chi connectivity index (χ3n) is 5.14. The summed E-state index contributed by atoms with van der Waals surface area (Å²) in [6, 6.07) is 20.2. The van der Waals surface area contributed by atoms with Gasteiger partial charge in [0.05, 0.1) is 10.8 Å². The van der Waals surface area contributed by atoms with Gasteiger partial charge in [-0.3, -0.25) is 4.79 Å². The Morgan fingerprint density at radius 2 is 1.85 bits per heavy atom. The second-order valence-corrected chi connectivity index (χ2v) is 11.6. The van der Waals surface area contributed by atoms with E-state index in [4.69, 9.17) is 0 Å². The first kappa shape index (κ1) is 24.1. The van der Waals surface area contributed by atoms with Crippen LogP contribution >= 0.6 is 23.1 Å². The van der Waals surface area contributed by atoms with Crippen molar-refractivity contribution in [2.24, 2.45) is 0 Å². The SMILES string of the molecule is Cc1ccsc1S(=O)(=O)Nn1c(C(=O)NCC(C=O)SCc2ccccc2)cc2ccccc21. The van der Waals surface area contributed by atoms with Crippen LogP contribution in [0.5, 0.6) is 0 Å². The average molecular weight is 514 g/mol. The minimum absolute atomic E-state index is 0.123. The minimum atomic E-state index is -3.90. The molecule has 7 nitrogen and oxygen atoms in total. The summed E-state index contributed by atoms with van der Waals surface area (Å²) < 4.78 is 27.5. The summed E-state index contributed by atoms with van der Waals surface area (Å²) in [6.45, 7) is 1.84. The van der Waals surface area contributed by atoms with Crippen LogP contribution in [0, 0.1) is 6.92 Å². The number of rotatable bonds is 10. The first-order valence-corrected chi connectivity index (χ1v) is 13.9. The zero-order valence-corrected chi connectivity index (χ0v) is 20.8. The highest BCUT2D eigenvalue weighted by Gasteiger charge is 2.24. The smallest absolute Gasteiger partial charge is 0.285 e. The first-order chi connectivity index (χ1) is 16.4. The Morgan fingerprint density at radius 1 is 1.12 bits per heavy atom. The van der Waals surface area contributed by atoms with Gasteiger partial charge in [0.1, 0.15) is 16.2 Å². The number of carbonyl (C=O) groups is 2. The molecule has 4 aromatic rings. The Labute approximate surface area is 206 Å². The van der Waals surface area contributed by atoms with Crippen molar-refractivity contribution in [3.05, 3.63) is 88.9 Å². The molecule has 176 valence electrons. The van der Waals surface area contributed by atoms with Crippen LogP contribution in [0.4, 0.5) is 0 Å². The number of amides is 1. The van der Waals surface area contributed by atoms with Crippen molar-refractivity contribution in [2.45, 2.75) is 22.1 Å². The van der Waals surface area contributed by atoms with E-state index in [-0.39, 0.29) is 16.4 Å². The monoisotopic (exact) mass is 513 g/mol.